The fraction of sp³-hybridized carbons (Fsp3) is 0.458. The number of esters is 1. The predicted octanol–water partition coefficient (Wildman–Crippen LogP) is 2.06. The van der Waals surface area contributed by atoms with Gasteiger partial charge in [-0.05, 0) is 18.4 Å². The summed E-state index contributed by atoms with van der Waals surface area (Å²) in [5.74, 6) is -1.60. The standard InChI is InChI=1S/C24H34N2O6/c1-3-5-12-23(29)32-18-21(19-10-7-6-8-11-19)26-24(30)20(9-4-2)17-22(28)25-13-15-31-16-14-27/h3-4,6-8,10-11,20-21,27H,1-2,5,9,12-18H2,(H,25,28)(H,26,30)/t20-,21-/m1/s1. The normalized spacial score (nSPS) is 12.3. The minimum absolute atomic E-state index is 0.0130. The van der Waals surface area contributed by atoms with Crippen LogP contribution in [0.4, 0.5) is 0 Å². The molecular weight excluding hydrogens is 412 g/mol. The maximum atomic E-state index is 12.9. The number of benzene rings is 1. The number of hydrogen-bond donors (Lipinski definition) is 3. The summed E-state index contributed by atoms with van der Waals surface area (Å²) < 4.78 is 10.4. The molecule has 32 heavy (non-hydrogen) atoms. The van der Waals surface area contributed by atoms with Gasteiger partial charge < -0.3 is 25.2 Å². The van der Waals surface area contributed by atoms with Crippen LogP contribution in [-0.4, -0.2) is 55.9 Å². The first-order valence-electron chi connectivity index (χ1n) is 10.7. The zero-order valence-electron chi connectivity index (χ0n) is 18.5. The van der Waals surface area contributed by atoms with E-state index in [-0.39, 0.29) is 63.6 Å². The molecule has 3 N–H and O–H groups in total. The van der Waals surface area contributed by atoms with Crippen molar-refractivity contribution < 1.29 is 29.0 Å². The van der Waals surface area contributed by atoms with Crippen LogP contribution in [0.15, 0.2) is 55.6 Å². The van der Waals surface area contributed by atoms with E-state index in [4.69, 9.17) is 14.6 Å². The molecule has 1 aromatic carbocycles. The Morgan fingerprint density at radius 1 is 1.09 bits per heavy atom. The van der Waals surface area contributed by atoms with E-state index in [2.05, 4.69) is 23.8 Å². The van der Waals surface area contributed by atoms with Crippen molar-refractivity contribution in [2.24, 2.45) is 5.92 Å². The van der Waals surface area contributed by atoms with E-state index in [9.17, 15) is 14.4 Å². The van der Waals surface area contributed by atoms with Gasteiger partial charge in [0.1, 0.15) is 6.61 Å². The van der Waals surface area contributed by atoms with Crippen molar-refractivity contribution in [1.29, 1.82) is 0 Å². The molecule has 0 saturated carbocycles. The Labute approximate surface area is 189 Å². The summed E-state index contributed by atoms with van der Waals surface area (Å²) in [6.45, 7) is 7.94. The summed E-state index contributed by atoms with van der Waals surface area (Å²) in [4.78, 5) is 37.1. The summed E-state index contributed by atoms with van der Waals surface area (Å²) in [5, 5.41) is 14.3. The molecule has 0 aliphatic heterocycles. The summed E-state index contributed by atoms with van der Waals surface area (Å²) in [6, 6.07) is 8.66. The minimum atomic E-state index is -0.617. The highest BCUT2D eigenvalue weighted by Gasteiger charge is 2.24. The number of hydrogen-bond acceptors (Lipinski definition) is 6. The lowest BCUT2D eigenvalue weighted by molar-refractivity contribution is -0.145. The quantitative estimate of drug-likeness (QED) is 0.192. The second kappa shape index (κ2) is 16.7. The van der Waals surface area contributed by atoms with Gasteiger partial charge in [-0.15, -0.1) is 13.2 Å². The van der Waals surface area contributed by atoms with Crippen molar-refractivity contribution in [1.82, 2.24) is 10.6 Å². The van der Waals surface area contributed by atoms with Crippen molar-refractivity contribution in [3.63, 3.8) is 0 Å². The molecule has 0 heterocycles. The molecule has 2 atom stereocenters. The highest BCUT2D eigenvalue weighted by molar-refractivity contribution is 5.86. The number of allylic oxidation sites excluding steroid dienone is 2. The zero-order valence-corrected chi connectivity index (χ0v) is 18.5. The molecular formula is C24H34N2O6. The summed E-state index contributed by atoms with van der Waals surface area (Å²) >= 11 is 0. The van der Waals surface area contributed by atoms with Crippen molar-refractivity contribution in [2.45, 2.75) is 31.7 Å². The average molecular weight is 447 g/mol. The molecule has 0 bridgehead atoms. The average Bonchev–Trinajstić information content (AvgIpc) is 2.80. The zero-order chi connectivity index (χ0) is 23.6. The molecule has 0 spiro atoms. The lowest BCUT2D eigenvalue weighted by Gasteiger charge is -2.22. The maximum Gasteiger partial charge on any atom is 0.306 e. The Balaban J connectivity index is 2.71. The summed E-state index contributed by atoms with van der Waals surface area (Å²) in [5.41, 5.74) is 0.792. The summed E-state index contributed by atoms with van der Waals surface area (Å²) in [7, 11) is 0. The maximum absolute atomic E-state index is 12.9. The lowest BCUT2D eigenvalue weighted by Crippen LogP contribution is -2.39. The SMILES string of the molecule is C=CCCC(=O)OC[C@@H](NC(=O)[C@H](CC=C)CC(=O)NCCOCCO)c1ccccc1. The number of nitrogens with one attached hydrogen (secondary N) is 2. The van der Waals surface area contributed by atoms with Gasteiger partial charge in [0.05, 0.1) is 31.8 Å². The van der Waals surface area contributed by atoms with Crippen LogP contribution in [0.3, 0.4) is 0 Å². The Morgan fingerprint density at radius 3 is 2.50 bits per heavy atom. The predicted molar refractivity (Wildman–Crippen MR) is 122 cm³/mol. The second-order valence-electron chi connectivity index (χ2n) is 7.09. The molecule has 0 aromatic heterocycles. The van der Waals surface area contributed by atoms with Crippen molar-refractivity contribution in [3.8, 4) is 0 Å². The number of carbonyl (C=O) groups is 3. The first-order valence-corrected chi connectivity index (χ1v) is 10.7. The minimum Gasteiger partial charge on any atom is -0.463 e. The van der Waals surface area contributed by atoms with E-state index in [1.54, 1.807) is 12.2 Å². The summed E-state index contributed by atoms with van der Waals surface area (Å²) in [6.07, 6.45) is 4.28. The van der Waals surface area contributed by atoms with E-state index in [0.29, 0.717) is 12.8 Å². The van der Waals surface area contributed by atoms with E-state index in [0.717, 1.165) is 5.56 Å². The van der Waals surface area contributed by atoms with Crippen LogP contribution in [0, 0.1) is 5.92 Å². The van der Waals surface area contributed by atoms with Crippen molar-refractivity contribution in [3.05, 3.63) is 61.2 Å². The molecule has 0 fully saturated rings. The van der Waals surface area contributed by atoms with E-state index >= 15 is 0 Å². The van der Waals surface area contributed by atoms with Crippen LogP contribution in [0.25, 0.3) is 0 Å². The molecule has 8 heteroatoms. The van der Waals surface area contributed by atoms with Gasteiger partial charge in [0.25, 0.3) is 0 Å². The number of aliphatic hydroxyl groups is 1. The topological polar surface area (TPSA) is 114 Å². The van der Waals surface area contributed by atoms with Crippen LogP contribution in [0.2, 0.25) is 0 Å². The number of rotatable bonds is 17. The first-order chi connectivity index (χ1) is 15.5. The largest absolute Gasteiger partial charge is 0.463 e. The second-order valence-corrected chi connectivity index (χ2v) is 7.09. The molecule has 2 amide bonds. The number of amides is 2. The third-order valence-electron chi connectivity index (χ3n) is 4.54. The van der Waals surface area contributed by atoms with Crippen LogP contribution in [-0.2, 0) is 23.9 Å². The first kappa shape index (κ1) is 27.1. The fourth-order valence-electron chi connectivity index (χ4n) is 2.87. The Morgan fingerprint density at radius 2 is 1.84 bits per heavy atom. The van der Waals surface area contributed by atoms with Crippen LogP contribution < -0.4 is 10.6 Å². The molecule has 0 unspecified atom stereocenters. The molecule has 176 valence electrons. The number of carbonyl (C=O) groups excluding carboxylic acids is 3. The van der Waals surface area contributed by atoms with Crippen LogP contribution in [0.5, 0.6) is 0 Å². The van der Waals surface area contributed by atoms with Gasteiger partial charge in [-0.3, -0.25) is 14.4 Å². The van der Waals surface area contributed by atoms with Gasteiger partial charge in [0.15, 0.2) is 0 Å². The van der Waals surface area contributed by atoms with Gasteiger partial charge in [-0.2, -0.15) is 0 Å². The van der Waals surface area contributed by atoms with Gasteiger partial charge in [0, 0.05) is 19.4 Å². The van der Waals surface area contributed by atoms with E-state index in [1.807, 2.05) is 30.3 Å². The highest BCUT2D eigenvalue weighted by Crippen LogP contribution is 2.17. The Bertz CT molecular complexity index is 722. The monoisotopic (exact) mass is 446 g/mol. The number of aliphatic hydroxyl groups excluding tert-OH is 1. The van der Waals surface area contributed by atoms with E-state index < -0.39 is 12.0 Å². The smallest absolute Gasteiger partial charge is 0.306 e. The molecule has 0 radical (unpaired) electrons. The van der Waals surface area contributed by atoms with Crippen LogP contribution in [0.1, 0.15) is 37.3 Å². The van der Waals surface area contributed by atoms with Gasteiger partial charge >= 0.3 is 5.97 Å². The Hall–Kier alpha value is -2.97. The van der Waals surface area contributed by atoms with E-state index in [1.165, 1.54) is 0 Å². The van der Waals surface area contributed by atoms with Crippen molar-refractivity contribution in [2.75, 3.05) is 33.0 Å². The fourth-order valence-corrected chi connectivity index (χ4v) is 2.87. The molecule has 0 aliphatic carbocycles. The molecule has 0 aliphatic rings. The molecule has 8 nitrogen and oxygen atoms in total. The number of ether oxygens (including phenoxy) is 2. The lowest BCUT2D eigenvalue weighted by atomic mass is 9.98. The van der Waals surface area contributed by atoms with Crippen molar-refractivity contribution >= 4 is 17.8 Å². The van der Waals surface area contributed by atoms with Gasteiger partial charge in [0.2, 0.25) is 11.8 Å². The molecule has 1 rings (SSSR count). The molecule has 0 saturated heterocycles. The highest BCUT2D eigenvalue weighted by atomic mass is 16.5. The van der Waals surface area contributed by atoms with Crippen LogP contribution >= 0.6 is 0 Å². The van der Waals surface area contributed by atoms with Gasteiger partial charge in [-0.25, -0.2) is 0 Å². The Kier molecular flexibility index (Phi) is 14.1. The third kappa shape index (κ3) is 11.4. The third-order valence-corrected chi connectivity index (χ3v) is 4.54. The molecule has 1 aromatic rings. The van der Waals surface area contributed by atoms with Gasteiger partial charge in [-0.1, -0.05) is 42.5 Å².